The summed E-state index contributed by atoms with van der Waals surface area (Å²) in [6.07, 6.45) is 10.8. The van der Waals surface area contributed by atoms with Crippen LogP contribution in [0.1, 0.15) is 42.5 Å². The van der Waals surface area contributed by atoms with Gasteiger partial charge in [0, 0.05) is 10.0 Å². The third-order valence-electron chi connectivity index (χ3n) is 3.44. The second-order valence-corrected chi connectivity index (χ2v) is 5.66. The number of rotatable bonds is 2. The van der Waals surface area contributed by atoms with Crippen LogP contribution in [0.4, 0.5) is 0 Å². The Morgan fingerprint density at radius 1 is 1.22 bits per heavy atom. The van der Waals surface area contributed by atoms with Gasteiger partial charge in [0.25, 0.3) is 5.91 Å². The van der Waals surface area contributed by atoms with Crippen molar-refractivity contribution in [2.24, 2.45) is 0 Å². The number of carbonyl (C=O) groups is 1. The number of halogens is 1. The van der Waals surface area contributed by atoms with Crippen LogP contribution in [0.3, 0.4) is 0 Å². The van der Waals surface area contributed by atoms with E-state index in [1.165, 1.54) is 6.42 Å². The summed E-state index contributed by atoms with van der Waals surface area (Å²) in [4.78, 5) is 12.2. The van der Waals surface area contributed by atoms with Crippen molar-refractivity contribution in [3.05, 3.63) is 34.3 Å². The van der Waals surface area contributed by atoms with Gasteiger partial charge < -0.3 is 5.32 Å². The van der Waals surface area contributed by atoms with Crippen LogP contribution in [0, 0.1) is 12.3 Å². The van der Waals surface area contributed by atoms with Crippen molar-refractivity contribution in [1.29, 1.82) is 0 Å². The van der Waals surface area contributed by atoms with Crippen LogP contribution in [0.2, 0.25) is 0 Å². The lowest BCUT2D eigenvalue weighted by molar-refractivity contribution is 0.0904. The highest BCUT2D eigenvalue weighted by atomic mass is 79.9. The SMILES string of the molecule is C#CC1(NC(=O)c2ccc(Br)cc2)CCCCC1. The predicted octanol–water partition coefficient (Wildman–Crippen LogP) is 3.52. The standard InChI is InChI=1S/C15H16BrNO/c1-2-15(10-4-3-5-11-15)17-14(18)12-6-8-13(16)9-7-12/h1,6-9H,3-5,10-11H2,(H,17,18). The van der Waals surface area contributed by atoms with Crippen LogP contribution >= 0.6 is 15.9 Å². The molecule has 3 heteroatoms. The highest BCUT2D eigenvalue weighted by molar-refractivity contribution is 9.10. The van der Waals surface area contributed by atoms with Crippen molar-refractivity contribution in [2.45, 2.75) is 37.6 Å². The van der Waals surface area contributed by atoms with Gasteiger partial charge in [-0.05, 0) is 37.1 Å². The van der Waals surface area contributed by atoms with Crippen LogP contribution in [0.25, 0.3) is 0 Å². The zero-order valence-electron chi connectivity index (χ0n) is 10.2. The Kier molecular flexibility index (Phi) is 4.08. The fourth-order valence-electron chi connectivity index (χ4n) is 2.35. The van der Waals surface area contributed by atoms with Crippen LogP contribution in [0.5, 0.6) is 0 Å². The normalized spacial score (nSPS) is 17.8. The van der Waals surface area contributed by atoms with E-state index in [0.717, 1.165) is 30.2 Å². The van der Waals surface area contributed by atoms with Gasteiger partial charge in [0.15, 0.2) is 0 Å². The molecule has 1 aromatic rings. The van der Waals surface area contributed by atoms with Crippen molar-refractivity contribution in [3.63, 3.8) is 0 Å². The molecule has 0 heterocycles. The molecule has 0 saturated heterocycles. The van der Waals surface area contributed by atoms with Crippen molar-refractivity contribution in [2.75, 3.05) is 0 Å². The minimum atomic E-state index is -0.442. The van der Waals surface area contributed by atoms with E-state index in [4.69, 9.17) is 6.42 Å². The maximum atomic E-state index is 12.2. The average molecular weight is 306 g/mol. The number of hydrogen-bond acceptors (Lipinski definition) is 1. The lowest BCUT2D eigenvalue weighted by Crippen LogP contribution is -2.48. The number of nitrogens with one attached hydrogen (secondary N) is 1. The summed E-state index contributed by atoms with van der Waals surface area (Å²) in [6, 6.07) is 7.32. The molecule has 0 atom stereocenters. The topological polar surface area (TPSA) is 29.1 Å². The number of terminal acetylenes is 1. The molecule has 0 aliphatic heterocycles. The highest BCUT2D eigenvalue weighted by Crippen LogP contribution is 2.27. The van der Waals surface area contributed by atoms with Crippen molar-refractivity contribution >= 4 is 21.8 Å². The molecule has 94 valence electrons. The first kappa shape index (κ1) is 13.2. The Bertz CT molecular complexity index is 466. The molecule has 1 aromatic carbocycles. The molecular weight excluding hydrogens is 290 g/mol. The van der Waals surface area contributed by atoms with Gasteiger partial charge in [-0.2, -0.15) is 0 Å². The fraction of sp³-hybridized carbons (Fsp3) is 0.400. The van der Waals surface area contributed by atoms with E-state index < -0.39 is 5.54 Å². The van der Waals surface area contributed by atoms with Gasteiger partial charge in [0.2, 0.25) is 0 Å². The first-order chi connectivity index (χ1) is 8.65. The van der Waals surface area contributed by atoms with Gasteiger partial charge in [0.1, 0.15) is 5.54 Å². The summed E-state index contributed by atoms with van der Waals surface area (Å²) >= 11 is 3.35. The number of hydrogen-bond donors (Lipinski definition) is 1. The van der Waals surface area contributed by atoms with Crippen molar-refractivity contribution in [3.8, 4) is 12.3 Å². The Morgan fingerprint density at radius 3 is 2.39 bits per heavy atom. The van der Waals surface area contributed by atoms with Gasteiger partial charge in [-0.15, -0.1) is 6.42 Å². The van der Waals surface area contributed by atoms with Crippen LogP contribution in [-0.2, 0) is 0 Å². The summed E-state index contributed by atoms with van der Waals surface area (Å²) in [5, 5.41) is 3.03. The highest BCUT2D eigenvalue weighted by Gasteiger charge is 2.31. The summed E-state index contributed by atoms with van der Waals surface area (Å²) in [6.45, 7) is 0. The number of benzene rings is 1. The summed E-state index contributed by atoms with van der Waals surface area (Å²) in [5.41, 5.74) is 0.209. The van der Waals surface area contributed by atoms with Gasteiger partial charge in [-0.25, -0.2) is 0 Å². The Morgan fingerprint density at radius 2 is 1.83 bits per heavy atom. The van der Waals surface area contributed by atoms with E-state index in [1.54, 1.807) is 12.1 Å². The second-order valence-electron chi connectivity index (χ2n) is 4.75. The molecule has 0 bridgehead atoms. The van der Waals surface area contributed by atoms with Crippen LogP contribution in [-0.4, -0.2) is 11.4 Å². The van der Waals surface area contributed by atoms with Crippen molar-refractivity contribution in [1.82, 2.24) is 5.32 Å². The minimum absolute atomic E-state index is 0.0812. The molecule has 1 aliphatic carbocycles. The van der Waals surface area contributed by atoms with E-state index in [9.17, 15) is 4.79 Å². The van der Waals surface area contributed by atoms with Crippen LogP contribution < -0.4 is 5.32 Å². The lowest BCUT2D eigenvalue weighted by Gasteiger charge is -2.33. The molecule has 0 aromatic heterocycles. The van der Waals surface area contributed by atoms with E-state index in [1.807, 2.05) is 12.1 Å². The fourth-order valence-corrected chi connectivity index (χ4v) is 2.62. The minimum Gasteiger partial charge on any atom is -0.336 e. The van der Waals surface area contributed by atoms with Gasteiger partial charge in [-0.3, -0.25) is 4.79 Å². The molecule has 1 fully saturated rings. The molecule has 1 N–H and O–H groups in total. The molecular formula is C15H16BrNO. The molecule has 1 saturated carbocycles. The zero-order chi connectivity index (χ0) is 13.0. The summed E-state index contributed by atoms with van der Waals surface area (Å²) < 4.78 is 0.961. The third kappa shape index (κ3) is 2.94. The third-order valence-corrected chi connectivity index (χ3v) is 3.97. The molecule has 2 nitrogen and oxygen atoms in total. The number of amides is 1. The molecule has 0 radical (unpaired) electrons. The van der Waals surface area contributed by atoms with Crippen molar-refractivity contribution < 1.29 is 4.79 Å². The summed E-state index contributed by atoms with van der Waals surface area (Å²) in [7, 11) is 0. The Balaban J connectivity index is 2.10. The monoisotopic (exact) mass is 305 g/mol. The largest absolute Gasteiger partial charge is 0.336 e. The molecule has 1 aliphatic rings. The quantitative estimate of drug-likeness (QED) is 0.832. The van der Waals surface area contributed by atoms with E-state index in [2.05, 4.69) is 27.2 Å². The molecule has 1 amide bonds. The molecule has 2 rings (SSSR count). The Hall–Kier alpha value is -1.27. The zero-order valence-corrected chi connectivity index (χ0v) is 11.8. The smallest absolute Gasteiger partial charge is 0.252 e. The summed E-state index contributed by atoms with van der Waals surface area (Å²) in [5.74, 6) is 2.71. The first-order valence-electron chi connectivity index (χ1n) is 6.21. The maximum absolute atomic E-state index is 12.2. The molecule has 18 heavy (non-hydrogen) atoms. The Labute approximate surface area is 116 Å². The number of carbonyl (C=O) groups excluding carboxylic acids is 1. The first-order valence-corrected chi connectivity index (χ1v) is 7.00. The van der Waals surface area contributed by atoms with Crippen LogP contribution in [0.15, 0.2) is 28.7 Å². The van der Waals surface area contributed by atoms with E-state index >= 15 is 0 Å². The van der Waals surface area contributed by atoms with Gasteiger partial charge in [0.05, 0.1) is 0 Å². The predicted molar refractivity (Wildman–Crippen MR) is 76.3 cm³/mol. The van der Waals surface area contributed by atoms with Gasteiger partial charge in [-0.1, -0.05) is 41.1 Å². The van der Waals surface area contributed by atoms with Gasteiger partial charge >= 0.3 is 0 Å². The molecule has 0 spiro atoms. The second kappa shape index (κ2) is 5.58. The average Bonchev–Trinajstić information content (AvgIpc) is 2.40. The lowest BCUT2D eigenvalue weighted by atomic mass is 9.82. The maximum Gasteiger partial charge on any atom is 0.252 e. The van der Waals surface area contributed by atoms with E-state index in [-0.39, 0.29) is 5.91 Å². The van der Waals surface area contributed by atoms with E-state index in [0.29, 0.717) is 5.56 Å². The molecule has 0 unspecified atom stereocenters.